The van der Waals surface area contributed by atoms with Crippen LogP contribution in [-0.4, -0.2) is 28.9 Å². The average molecular weight is 222 g/mol. The average Bonchev–Trinajstić information content (AvgIpc) is 2.35. The van der Waals surface area contributed by atoms with Crippen molar-refractivity contribution in [2.45, 2.75) is 12.2 Å². The van der Waals surface area contributed by atoms with Crippen molar-refractivity contribution in [2.75, 3.05) is 6.61 Å². The fraction of sp³-hybridized carbons (Fsp3) is 0.250. The Morgan fingerprint density at radius 1 is 1.38 bits per heavy atom. The summed E-state index contributed by atoms with van der Waals surface area (Å²) in [6.45, 7) is 2.96. The minimum absolute atomic E-state index is 0.263. The molecule has 0 aromatic heterocycles. The molecule has 0 bridgehead atoms. The van der Waals surface area contributed by atoms with Crippen LogP contribution in [0.15, 0.2) is 43.0 Å². The lowest BCUT2D eigenvalue weighted by atomic mass is 10.1. The molecule has 0 fully saturated rings. The molecule has 2 unspecified atom stereocenters. The molecule has 0 heterocycles. The third kappa shape index (κ3) is 3.49. The quantitative estimate of drug-likeness (QED) is 0.571. The summed E-state index contributed by atoms with van der Waals surface area (Å²) in [5.74, 6) is -0.626. The molecule has 0 amide bonds. The van der Waals surface area contributed by atoms with Gasteiger partial charge in [0.1, 0.15) is 18.8 Å². The number of carbonyl (C=O) groups is 1. The SMILES string of the molecule is C=CC(=O)OCC(O)C(O)c1ccccc1. The van der Waals surface area contributed by atoms with Crippen molar-refractivity contribution in [1.29, 1.82) is 0 Å². The van der Waals surface area contributed by atoms with Gasteiger partial charge >= 0.3 is 5.97 Å². The van der Waals surface area contributed by atoms with E-state index in [9.17, 15) is 15.0 Å². The van der Waals surface area contributed by atoms with Crippen LogP contribution in [0, 0.1) is 0 Å². The number of esters is 1. The highest BCUT2D eigenvalue weighted by atomic mass is 16.5. The van der Waals surface area contributed by atoms with Crippen molar-refractivity contribution in [3.63, 3.8) is 0 Å². The minimum Gasteiger partial charge on any atom is -0.460 e. The smallest absolute Gasteiger partial charge is 0.330 e. The molecule has 1 aromatic rings. The first-order valence-corrected chi connectivity index (χ1v) is 4.85. The van der Waals surface area contributed by atoms with Gasteiger partial charge in [-0.25, -0.2) is 4.79 Å². The van der Waals surface area contributed by atoms with Gasteiger partial charge < -0.3 is 14.9 Å². The molecule has 0 saturated carbocycles. The van der Waals surface area contributed by atoms with Crippen LogP contribution in [-0.2, 0) is 9.53 Å². The van der Waals surface area contributed by atoms with Crippen molar-refractivity contribution >= 4 is 5.97 Å². The lowest BCUT2D eigenvalue weighted by Crippen LogP contribution is -2.25. The topological polar surface area (TPSA) is 66.8 Å². The monoisotopic (exact) mass is 222 g/mol. The van der Waals surface area contributed by atoms with E-state index >= 15 is 0 Å². The standard InChI is InChI=1S/C12H14O4/c1-2-11(14)16-8-10(13)12(15)9-6-4-3-5-7-9/h2-7,10,12-13,15H,1,8H2. The normalized spacial score (nSPS) is 13.9. The summed E-state index contributed by atoms with van der Waals surface area (Å²) in [4.78, 5) is 10.7. The van der Waals surface area contributed by atoms with Gasteiger partial charge in [0.2, 0.25) is 0 Å². The molecule has 0 radical (unpaired) electrons. The van der Waals surface area contributed by atoms with Gasteiger partial charge in [-0.05, 0) is 5.56 Å². The number of hydrogen-bond acceptors (Lipinski definition) is 4. The first-order chi connectivity index (χ1) is 7.65. The van der Waals surface area contributed by atoms with Crippen molar-refractivity contribution in [3.8, 4) is 0 Å². The van der Waals surface area contributed by atoms with Crippen LogP contribution in [0.1, 0.15) is 11.7 Å². The number of hydrogen-bond donors (Lipinski definition) is 2. The first kappa shape index (κ1) is 12.4. The largest absolute Gasteiger partial charge is 0.460 e. The molecule has 0 aliphatic carbocycles. The van der Waals surface area contributed by atoms with E-state index < -0.39 is 18.2 Å². The van der Waals surface area contributed by atoms with Crippen LogP contribution < -0.4 is 0 Å². The molecule has 2 atom stereocenters. The number of aliphatic hydroxyl groups excluding tert-OH is 2. The Balaban J connectivity index is 2.51. The van der Waals surface area contributed by atoms with Gasteiger partial charge in [-0.2, -0.15) is 0 Å². The molecule has 2 N–H and O–H groups in total. The molecule has 0 aliphatic rings. The fourth-order valence-corrected chi connectivity index (χ4v) is 1.19. The van der Waals surface area contributed by atoms with Gasteiger partial charge in [0.05, 0.1) is 0 Å². The molecule has 0 saturated heterocycles. The second-order valence-corrected chi connectivity index (χ2v) is 3.26. The summed E-state index contributed by atoms with van der Waals surface area (Å²) in [5, 5.41) is 19.3. The van der Waals surface area contributed by atoms with Crippen molar-refractivity contribution in [3.05, 3.63) is 48.6 Å². The maximum atomic E-state index is 10.7. The van der Waals surface area contributed by atoms with Crippen LogP contribution in [0.3, 0.4) is 0 Å². The van der Waals surface area contributed by atoms with Crippen molar-refractivity contribution in [2.24, 2.45) is 0 Å². The summed E-state index contributed by atoms with van der Waals surface area (Å²) in [6, 6.07) is 8.68. The van der Waals surface area contributed by atoms with Crippen LogP contribution in [0.4, 0.5) is 0 Å². The van der Waals surface area contributed by atoms with Gasteiger partial charge in [-0.3, -0.25) is 0 Å². The fourth-order valence-electron chi connectivity index (χ4n) is 1.19. The van der Waals surface area contributed by atoms with E-state index in [1.165, 1.54) is 0 Å². The van der Waals surface area contributed by atoms with Gasteiger partial charge in [0, 0.05) is 6.08 Å². The molecular formula is C12H14O4. The Kier molecular flexibility index (Phi) is 4.69. The van der Waals surface area contributed by atoms with Gasteiger partial charge in [-0.15, -0.1) is 0 Å². The molecule has 1 aromatic carbocycles. The second kappa shape index (κ2) is 6.05. The third-order valence-electron chi connectivity index (χ3n) is 2.07. The van der Waals surface area contributed by atoms with Gasteiger partial charge in [0.15, 0.2) is 0 Å². The van der Waals surface area contributed by atoms with Gasteiger partial charge in [-0.1, -0.05) is 36.9 Å². The van der Waals surface area contributed by atoms with E-state index in [4.69, 9.17) is 0 Å². The number of carbonyl (C=O) groups excluding carboxylic acids is 1. The predicted octanol–water partition coefficient (Wildman–Crippen LogP) is 0.810. The zero-order valence-corrected chi connectivity index (χ0v) is 8.74. The zero-order chi connectivity index (χ0) is 12.0. The Labute approximate surface area is 93.8 Å². The third-order valence-corrected chi connectivity index (χ3v) is 2.07. The minimum atomic E-state index is -1.15. The lowest BCUT2D eigenvalue weighted by molar-refractivity contribution is -0.143. The number of ether oxygens (including phenoxy) is 1. The van der Waals surface area contributed by atoms with Crippen molar-refractivity contribution < 1.29 is 19.7 Å². The second-order valence-electron chi connectivity index (χ2n) is 3.26. The summed E-state index contributed by atoms with van der Waals surface area (Å²) in [7, 11) is 0. The van der Waals surface area contributed by atoms with E-state index in [0.717, 1.165) is 6.08 Å². The maximum Gasteiger partial charge on any atom is 0.330 e. The number of rotatable bonds is 5. The predicted molar refractivity (Wildman–Crippen MR) is 58.6 cm³/mol. The van der Waals surface area contributed by atoms with E-state index in [-0.39, 0.29) is 6.61 Å². The molecule has 1 rings (SSSR count). The number of benzene rings is 1. The van der Waals surface area contributed by atoms with Crippen molar-refractivity contribution in [1.82, 2.24) is 0 Å². The molecule has 0 aliphatic heterocycles. The molecular weight excluding hydrogens is 208 g/mol. The highest BCUT2D eigenvalue weighted by Crippen LogP contribution is 2.16. The summed E-state index contributed by atoms with van der Waals surface area (Å²) in [6.07, 6.45) is -1.22. The van der Waals surface area contributed by atoms with E-state index in [1.54, 1.807) is 30.3 Å². The van der Waals surface area contributed by atoms with E-state index in [1.807, 2.05) is 0 Å². The Bertz CT molecular complexity index is 347. The lowest BCUT2D eigenvalue weighted by Gasteiger charge is -2.17. The summed E-state index contributed by atoms with van der Waals surface area (Å²) in [5.41, 5.74) is 0.574. The number of aliphatic hydroxyl groups is 2. The van der Waals surface area contributed by atoms with Crippen LogP contribution in [0.25, 0.3) is 0 Å². The summed E-state index contributed by atoms with van der Waals surface area (Å²) < 4.78 is 4.63. The van der Waals surface area contributed by atoms with E-state index in [2.05, 4.69) is 11.3 Å². The van der Waals surface area contributed by atoms with Crippen LogP contribution in [0.5, 0.6) is 0 Å². The molecule has 4 heteroatoms. The Hall–Kier alpha value is -1.65. The van der Waals surface area contributed by atoms with Crippen LogP contribution >= 0.6 is 0 Å². The summed E-state index contributed by atoms with van der Waals surface area (Å²) >= 11 is 0. The first-order valence-electron chi connectivity index (χ1n) is 4.85. The Morgan fingerprint density at radius 3 is 2.56 bits per heavy atom. The molecule has 86 valence electrons. The van der Waals surface area contributed by atoms with Gasteiger partial charge in [0.25, 0.3) is 0 Å². The molecule has 16 heavy (non-hydrogen) atoms. The zero-order valence-electron chi connectivity index (χ0n) is 8.74. The maximum absolute atomic E-state index is 10.7. The highest BCUT2D eigenvalue weighted by molar-refractivity contribution is 5.81. The van der Waals surface area contributed by atoms with Crippen LogP contribution in [0.2, 0.25) is 0 Å². The molecule has 0 spiro atoms. The Morgan fingerprint density at radius 2 is 2.00 bits per heavy atom. The van der Waals surface area contributed by atoms with E-state index in [0.29, 0.717) is 5.56 Å². The highest BCUT2D eigenvalue weighted by Gasteiger charge is 2.19. The molecule has 4 nitrogen and oxygen atoms in total.